The summed E-state index contributed by atoms with van der Waals surface area (Å²) in [5, 5.41) is 0. The van der Waals surface area contributed by atoms with Crippen LogP contribution in [0.3, 0.4) is 0 Å². The Bertz CT molecular complexity index is 713. The van der Waals surface area contributed by atoms with Crippen LogP contribution in [0.5, 0.6) is 0 Å². The molecule has 1 aliphatic rings. The molecule has 0 heterocycles. The van der Waals surface area contributed by atoms with Crippen LogP contribution in [0.25, 0.3) is 0 Å². The number of benzene rings is 2. The van der Waals surface area contributed by atoms with Crippen LogP contribution in [-0.4, -0.2) is 11.6 Å². The zero-order valence-electron chi connectivity index (χ0n) is 11.7. The van der Waals surface area contributed by atoms with Gasteiger partial charge in [-0.2, -0.15) is 0 Å². The van der Waals surface area contributed by atoms with Crippen LogP contribution in [0.1, 0.15) is 32.7 Å². The van der Waals surface area contributed by atoms with E-state index < -0.39 is 0 Å². The van der Waals surface area contributed by atoms with Gasteiger partial charge >= 0.3 is 0 Å². The SMILES string of the molecule is C=C(CC1Cc2ccccc2C1=O)C(=O)c1ccccc1. The normalized spacial score (nSPS) is 16.6. The molecule has 0 aliphatic heterocycles. The topological polar surface area (TPSA) is 34.1 Å². The fraction of sp³-hybridized carbons (Fsp3) is 0.158. The predicted octanol–water partition coefficient (Wildman–Crippen LogP) is 3.87. The van der Waals surface area contributed by atoms with E-state index in [2.05, 4.69) is 6.58 Å². The summed E-state index contributed by atoms with van der Waals surface area (Å²) in [6.45, 7) is 3.89. The molecule has 2 aromatic rings. The maximum Gasteiger partial charge on any atom is 0.188 e. The highest BCUT2D eigenvalue weighted by Crippen LogP contribution is 2.31. The van der Waals surface area contributed by atoms with Crippen LogP contribution in [0.15, 0.2) is 66.7 Å². The van der Waals surface area contributed by atoms with Gasteiger partial charge in [0.1, 0.15) is 0 Å². The number of ketones is 2. The Kier molecular flexibility index (Phi) is 3.53. The second-order valence-electron chi connectivity index (χ2n) is 5.43. The van der Waals surface area contributed by atoms with Crippen molar-refractivity contribution in [3.8, 4) is 0 Å². The van der Waals surface area contributed by atoms with E-state index in [-0.39, 0.29) is 17.5 Å². The van der Waals surface area contributed by atoms with Crippen molar-refractivity contribution in [2.45, 2.75) is 12.8 Å². The van der Waals surface area contributed by atoms with Gasteiger partial charge in [0.2, 0.25) is 0 Å². The second kappa shape index (κ2) is 5.49. The lowest BCUT2D eigenvalue weighted by atomic mass is 9.92. The van der Waals surface area contributed by atoms with Crippen molar-refractivity contribution in [2.24, 2.45) is 5.92 Å². The average Bonchev–Trinajstić information content (AvgIpc) is 2.84. The van der Waals surface area contributed by atoms with Crippen LogP contribution in [0.2, 0.25) is 0 Å². The summed E-state index contributed by atoms with van der Waals surface area (Å²) >= 11 is 0. The molecule has 21 heavy (non-hydrogen) atoms. The third-order valence-corrected chi connectivity index (χ3v) is 3.97. The molecule has 0 saturated carbocycles. The molecule has 2 aromatic carbocycles. The van der Waals surface area contributed by atoms with Crippen molar-refractivity contribution in [1.29, 1.82) is 0 Å². The lowest BCUT2D eigenvalue weighted by molar-refractivity contribution is 0.0932. The van der Waals surface area contributed by atoms with Crippen LogP contribution >= 0.6 is 0 Å². The summed E-state index contributed by atoms with van der Waals surface area (Å²) in [7, 11) is 0. The highest BCUT2D eigenvalue weighted by molar-refractivity contribution is 6.09. The van der Waals surface area contributed by atoms with Crippen molar-refractivity contribution < 1.29 is 9.59 Å². The van der Waals surface area contributed by atoms with Gasteiger partial charge in [0.15, 0.2) is 11.6 Å². The molecular formula is C19H16O2. The minimum absolute atomic E-state index is 0.0700. The Labute approximate surface area is 124 Å². The van der Waals surface area contributed by atoms with Gasteiger partial charge in [0.05, 0.1) is 0 Å². The fourth-order valence-corrected chi connectivity index (χ4v) is 2.87. The molecule has 0 bridgehead atoms. The van der Waals surface area contributed by atoms with Crippen molar-refractivity contribution in [2.75, 3.05) is 0 Å². The number of carbonyl (C=O) groups is 2. The summed E-state index contributed by atoms with van der Waals surface area (Å²) in [6.07, 6.45) is 1.14. The van der Waals surface area contributed by atoms with E-state index in [9.17, 15) is 9.59 Å². The summed E-state index contributed by atoms with van der Waals surface area (Å²) < 4.78 is 0. The Morgan fingerprint density at radius 1 is 1.05 bits per heavy atom. The minimum atomic E-state index is -0.150. The molecule has 2 nitrogen and oxygen atoms in total. The van der Waals surface area contributed by atoms with Crippen molar-refractivity contribution >= 4 is 11.6 Å². The molecule has 1 aliphatic carbocycles. The first-order chi connectivity index (χ1) is 10.2. The van der Waals surface area contributed by atoms with Gasteiger partial charge in [-0.1, -0.05) is 61.2 Å². The fourth-order valence-electron chi connectivity index (χ4n) is 2.87. The molecule has 0 spiro atoms. The first kappa shape index (κ1) is 13.5. The monoisotopic (exact) mass is 276 g/mol. The highest BCUT2D eigenvalue weighted by atomic mass is 16.1. The van der Waals surface area contributed by atoms with E-state index in [0.29, 0.717) is 24.0 Å². The lowest BCUT2D eigenvalue weighted by Gasteiger charge is -2.10. The third kappa shape index (κ3) is 2.57. The predicted molar refractivity (Wildman–Crippen MR) is 82.5 cm³/mol. The Morgan fingerprint density at radius 2 is 1.71 bits per heavy atom. The Hall–Kier alpha value is -2.48. The third-order valence-electron chi connectivity index (χ3n) is 3.97. The lowest BCUT2D eigenvalue weighted by Crippen LogP contribution is -2.13. The van der Waals surface area contributed by atoms with Crippen molar-refractivity contribution in [1.82, 2.24) is 0 Å². The summed E-state index contributed by atoms with van der Waals surface area (Å²) in [5.41, 5.74) is 3.01. The Balaban J connectivity index is 1.73. The van der Waals surface area contributed by atoms with Gasteiger partial charge < -0.3 is 0 Å². The van der Waals surface area contributed by atoms with Gasteiger partial charge in [-0.15, -0.1) is 0 Å². The molecule has 1 atom stereocenters. The largest absolute Gasteiger partial charge is 0.294 e. The van der Waals surface area contributed by atoms with E-state index >= 15 is 0 Å². The zero-order chi connectivity index (χ0) is 14.8. The first-order valence-electron chi connectivity index (χ1n) is 7.06. The first-order valence-corrected chi connectivity index (χ1v) is 7.06. The second-order valence-corrected chi connectivity index (χ2v) is 5.43. The molecule has 0 N–H and O–H groups in total. The van der Waals surface area contributed by atoms with Crippen LogP contribution < -0.4 is 0 Å². The van der Waals surface area contributed by atoms with Gasteiger partial charge in [0, 0.05) is 17.0 Å². The maximum atomic E-state index is 12.3. The molecule has 3 rings (SSSR count). The van der Waals surface area contributed by atoms with Crippen molar-refractivity contribution in [3.05, 3.63) is 83.4 Å². The van der Waals surface area contributed by atoms with Gasteiger partial charge in [-0.05, 0) is 24.0 Å². The number of carbonyl (C=O) groups excluding carboxylic acids is 2. The number of hydrogen-bond acceptors (Lipinski definition) is 2. The standard InChI is InChI=1S/C19H16O2/c1-13(18(20)14-7-3-2-4-8-14)11-16-12-15-9-5-6-10-17(15)19(16)21/h2-10,16H,1,11-12H2. The van der Waals surface area contributed by atoms with Crippen LogP contribution in [-0.2, 0) is 6.42 Å². The van der Waals surface area contributed by atoms with Gasteiger partial charge in [0.25, 0.3) is 0 Å². The van der Waals surface area contributed by atoms with Crippen LogP contribution in [0, 0.1) is 5.92 Å². The van der Waals surface area contributed by atoms with E-state index in [1.165, 1.54) is 0 Å². The molecular weight excluding hydrogens is 260 g/mol. The number of hydrogen-bond donors (Lipinski definition) is 0. The average molecular weight is 276 g/mol. The number of Topliss-reactive ketones (excluding diaryl/α,β-unsaturated/α-hetero) is 2. The molecule has 0 radical (unpaired) electrons. The van der Waals surface area contributed by atoms with E-state index in [4.69, 9.17) is 0 Å². The molecule has 0 aromatic heterocycles. The number of rotatable bonds is 4. The number of allylic oxidation sites excluding steroid dienone is 1. The Morgan fingerprint density at radius 3 is 2.43 bits per heavy atom. The minimum Gasteiger partial charge on any atom is -0.294 e. The number of fused-ring (bicyclic) bond motifs is 1. The molecule has 104 valence electrons. The smallest absolute Gasteiger partial charge is 0.188 e. The quantitative estimate of drug-likeness (QED) is 0.627. The summed E-state index contributed by atoms with van der Waals surface area (Å²) in [5.74, 6) is -0.0884. The van der Waals surface area contributed by atoms with E-state index in [1.807, 2.05) is 42.5 Å². The van der Waals surface area contributed by atoms with E-state index in [0.717, 1.165) is 11.1 Å². The molecule has 0 fully saturated rings. The molecule has 2 heteroatoms. The van der Waals surface area contributed by atoms with Gasteiger partial charge in [-0.3, -0.25) is 9.59 Å². The maximum absolute atomic E-state index is 12.3. The van der Waals surface area contributed by atoms with Gasteiger partial charge in [-0.25, -0.2) is 0 Å². The molecule has 0 saturated heterocycles. The van der Waals surface area contributed by atoms with Crippen molar-refractivity contribution in [3.63, 3.8) is 0 Å². The summed E-state index contributed by atoms with van der Waals surface area (Å²) in [4.78, 5) is 24.6. The van der Waals surface area contributed by atoms with E-state index in [1.54, 1.807) is 12.1 Å². The zero-order valence-corrected chi connectivity index (χ0v) is 11.7. The molecule has 1 unspecified atom stereocenters. The highest BCUT2D eigenvalue weighted by Gasteiger charge is 2.31. The summed E-state index contributed by atoms with van der Waals surface area (Å²) in [6, 6.07) is 16.7. The molecule has 0 amide bonds. The van der Waals surface area contributed by atoms with Crippen LogP contribution in [0.4, 0.5) is 0 Å².